The second kappa shape index (κ2) is 6.66. The first-order valence-electron chi connectivity index (χ1n) is 8.51. The summed E-state index contributed by atoms with van der Waals surface area (Å²) in [6.07, 6.45) is 0.113. The molecule has 5 nitrogen and oxygen atoms in total. The number of hydrogen-bond donors (Lipinski definition) is 0. The van der Waals surface area contributed by atoms with Gasteiger partial charge in [-0.1, -0.05) is 17.7 Å². The van der Waals surface area contributed by atoms with Crippen LogP contribution in [0.15, 0.2) is 34.7 Å². The molecule has 0 radical (unpaired) electrons. The zero-order valence-electron chi connectivity index (χ0n) is 14.8. The van der Waals surface area contributed by atoms with Gasteiger partial charge in [0.25, 0.3) is 0 Å². The Kier molecular flexibility index (Phi) is 4.44. The molecule has 1 aliphatic heterocycles. The van der Waals surface area contributed by atoms with E-state index < -0.39 is 11.2 Å². The molecule has 138 valence electrons. The fourth-order valence-electron chi connectivity index (χ4n) is 3.45. The highest BCUT2D eigenvalue weighted by atomic mass is 35.5. The number of carbonyl (C=O) groups excluding carboxylic acids is 2. The third-order valence-electron chi connectivity index (χ3n) is 4.76. The molecule has 0 bridgehead atoms. The first kappa shape index (κ1) is 18.0. The first-order valence-corrected chi connectivity index (χ1v) is 9.26. The lowest BCUT2D eigenvalue weighted by Gasteiger charge is -2.17. The lowest BCUT2D eigenvalue weighted by molar-refractivity contribution is -0.120. The standard InChI is InChI=1S/C20H16Cl2N2O3/c1-10-5-11(2)18-16(6-10)23-20(27-18)14-8-13(3-4-15(14)21)24-9-12(19(22)26)7-17(24)25/h3-6,8,12H,7,9H2,1-2H3/t12-/m0/s1. The fourth-order valence-corrected chi connectivity index (χ4v) is 3.79. The molecule has 1 fully saturated rings. The van der Waals surface area contributed by atoms with Gasteiger partial charge in [0.1, 0.15) is 5.52 Å². The quantitative estimate of drug-likeness (QED) is 0.585. The Morgan fingerprint density at radius 1 is 1.26 bits per heavy atom. The minimum absolute atomic E-state index is 0.113. The number of halogens is 2. The van der Waals surface area contributed by atoms with Crippen molar-refractivity contribution in [1.29, 1.82) is 0 Å². The number of oxazole rings is 1. The maximum Gasteiger partial charge on any atom is 0.228 e. The van der Waals surface area contributed by atoms with Crippen LogP contribution in [0.5, 0.6) is 0 Å². The van der Waals surface area contributed by atoms with Crippen LogP contribution in [0, 0.1) is 19.8 Å². The molecule has 2 heterocycles. The molecule has 7 heteroatoms. The Balaban J connectivity index is 1.77. The van der Waals surface area contributed by atoms with Crippen molar-refractivity contribution in [1.82, 2.24) is 4.98 Å². The van der Waals surface area contributed by atoms with Crippen molar-refractivity contribution in [2.45, 2.75) is 20.3 Å². The minimum atomic E-state index is -0.496. The van der Waals surface area contributed by atoms with Crippen LogP contribution in [0.2, 0.25) is 5.02 Å². The summed E-state index contributed by atoms with van der Waals surface area (Å²) in [5.74, 6) is -0.248. The summed E-state index contributed by atoms with van der Waals surface area (Å²) in [4.78, 5) is 29.8. The van der Waals surface area contributed by atoms with Gasteiger partial charge in [-0.2, -0.15) is 0 Å². The van der Waals surface area contributed by atoms with Gasteiger partial charge in [-0.25, -0.2) is 4.98 Å². The number of rotatable bonds is 3. The molecule has 2 aromatic carbocycles. The summed E-state index contributed by atoms with van der Waals surface area (Å²) in [6.45, 7) is 4.23. The average molecular weight is 403 g/mol. The number of aryl methyl sites for hydroxylation is 2. The van der Waals surface area contributed by atoms with Gasteiger partial charge in [0.15, 0.2) is 5.58 Å². The number of aromatic nitrogens is 1. The van der Waals surface area contributed by atoms with Gasteiger partial charge in [-0.05, 0) is 60.8 Å². The van der Waals surface area contributed by atoms with E-state index in [4.69, 9.17) is 27.6 Å². The van der Waals surface area contributed by atoms with Gasteiger partial charge >= 0.3 is 0 Å². The van der Waals surface area contributed by atoms with Gasteiger partial charge < -0.3 is 9.32 Å². The lowest BCUT2D eigenvalue weighted by atomic mass is 10.1. The minimum Gasteiger partial charge on any atom is -0.436 e. The Bertz CT molecular complexity index is 1090. The van der Waals surface area contributed by atoms with Crippen molar-refractivity contribution < 1.29 is 14.0 Å². The summed E-state index contributed by atoms with van der Waals surface area (Å²) in [5, 5.41) is -0.0267. The van der Waals surface area contributed by atoms with Crippen molar-refractivity contribution in [2.24, 2.45) is 5.92 Å². The third-order valence-corrected chi connectivity index (χ3v) is 5.40. The molecule has 0 N–H and O–H groups in total. The summed E-state index contributed by atoms with van der Waals surface area (Å²) in [5.41, 5.74) is 4.79. The van der Waals surface area contributed by atoms with Crippen LogP contribution in [-0.4, -0.2) is 22.7 Å². The molecule has 1 atom stereocenters. The summed E-state index contributed by atoms with van der Waals surface area (Å²) in [7, 11) is 0. The number of fused-ring (bicyclic) bond motifs is 1. The number of anilines is 1. The highest BCUT2D eigenvalue weighted by Gasteiger charge is 2.34. The molecular formula is C20H16Cl2N2O3. The smallest absolute Gasteiger partial charge is 0.228 e. The lowest BCUT2D eigenvalue weighted by Crippen LogP contribution is -2.25. The summed E-state index contributed by atoms with van der Waals surface area (Å²) in [6, 6.07) is 9.18. The van der Waals surface area contributed by atoms with E-state index in [9.17, 15) is 9.59 Å². The number of amides is 1. The SMILES string of the molecule is Cc1cc(C)c2oc(-c3cc(N4C[C@@H](C(=O)Cl)CC4=O)ccc3Cl)nc2c1. The predicted molar refractivity (Wildman–Crippen MR) is 105 cm³/mol. The van der Waals surface area contributed by atoms with E-state index in [-0.39, 0.29) is 18.9 Å². The monoisotopic (exact) mass is 402 g/mol. The molecule has 0 unspecified atom stereocenters. The number of benzene rings is 2. The maximum atomic E-state index is 12.3. The highest BCUT2D eigenvalue weighted by Crippen LogP contribution is 2.36. The van der Waals surface area contributed by atoms with E-state index in [0.717, 1.165) is 16.6 Å². The second-order valence-electron chi connectivity index (χ2n) is 6.82. The average Bonchev–Trinajstić information content (AvgIpc) is 3.19. The van der Waals surface area contributed by atoms with Crippen molar-refractivity contribution in [2.75, 3.05) is 11.4 Å². The topological polar surface area (TPSA) is 63.4 Å². The highest BCUT2D eigenvalue weighted by molar-refractivity contribution is 6.64. The molecular weight excluding hydrogens is 387 g/mol. The Morgan fingerprint density at radius 2 is 2.04 bits per heavy atom. The third kappa shape index (κ3) is 3.22. The van der Waals surface area contributed by atoms with Crippen LogP contribution in [0.1, 0.15) is 17.5 Å². The molecule has 0 aliphatic carbocycles. The number of hydrogen-bond acceptors (Lipinski definition) is 4. The van der Waals surface area contributed by atoms with Crippen LogP contribution >= 0.6 is 23.2 Å². The Morgan fingerprint density at radius 3 is 2.74 bits per heavy atom. The molecule has 1 aromatic heterocycles. The van der Waals surface area contributed by atoms with Gasteiger partial charge in [0.05, 0.1) is 16.5 Å². The van der Waals surface area contributed by atoms with E-state index in [1.165, 1.54) is 0 Å². The number of carbonyl (C=O) groups is 2. The van der Waals surface area contributed by atoms with E-state index in [2.05, 4.69) is 4.98 Å². The number of nitrogens with zero attached hydrogens (tertiary/aromatic N) is 2. The zero-order chi connectivity index (χ0) is 19.3. The molecule has 27 heavy (non-hydrogen) atoms. The Labute approximate surface area is 165 Å². The van der Waals surface area contributed by atoms with Gasteiger partial charge in [0.2, 0.25) is 17.0 Å². The first-order chi connectivity index (χ1) is 12.8. The molecule has 4 rings (SSSR count). The van der Waals surface area contributed by atoms with Crippen LogP contribution < -0.4 is 4.90 Å². The second-order valence-corrected chi connectivity index (χ2v) is 7.60. The molecule has 0 spiro atoms. The predicted octanol–water partition coefficient (Wildman–Crippen LogP) is 4.88. The van der Waals surface area contributed by atoms with Crippen molar-refractivity contribution in [3.05, 3.63) is 46.5 Å². The van der Waals surface area contributed by atoms with Gasteiger partial charge in [-0.15, -0.1) is 0 Å². The van der Waals surface area contributed by atoms with Gasteiger partial charge in [0, 0.05) is 18.7 Å². The van der Waals surface area contributed by atoms with Gasteiger partial charge in [-0.3, -0.25) is 9.59 Å². The summed E-state index contributed by atoms with van der Waals surface area (Å²) >= 11 is 11.9. The Hall–Kier alpha value is -2.37. The van der Waals surface area contributed by atoms with Crippen LogP contribution in [0.25, 0.3) is 22.6 Å². The van der Waals surface area contributed by atoms with Crippen molar-refractivity contribution in [3.63, 3.8) is 0 Å². The fraction of sp³-hybridized carbons (Fsp3) is 0.250. The van der Waals surface area contributed by atoms with Crippen molar-refractivity contribution >= 4 is 51.1 Å². The molecule has 1 aliphatic rings. The normalized spacial score (nSPS) is 17.1. The summed E-state index contributed by atoms with van der Waals surface area (Å²) < 4.78 is 5.95. The molecule has 1 saturated heterocycles. The molecule has 1 amide bonds. The van der Waals surface area contributed by atoms with E-state index in [0.29, 0.717) is 27.7 Å². The van der Waals surface area contributed by atoms with E-state index in [1.807, 2.05) is 26.0 Å². The van der Waals surface area contributed by atoms with E-state index >= 15 is 0 Å². The largest absolute Gasteiger partial charge is 0.436 e. The van der Waals surface area contributed by atoms with Crippen LogP contribution in [0.3, 0.4) is 0 Å². The van der Waals surface area contributed by atoms with E-state index in [1.54, 1.807) is 23.1 Å². The maximum absolute atomic E-state index is 12.3. The molecule has 3 aromatic rings. The van der Waals surface area contributed by atoms with Crippen LogP contribution in [-0.2, 0) is 9.59 Å². The zero-order valence-corrected chi connectivity index (χ0v) is 16.3. The van der Waals surface area contributed by atoms with Crippen LogP contribution in [0.4, 0.5) is 5.69 Å². The molecule has 0 saturated carbocycles. The van der Waals surface area contributed by atoms with Crippen molar-refractivity contribution in [3.8, 4) is 11.5 Å².